The maximum atomic E-state index is 11.9. The van der Waals surface area contributed by atoms with Crippen LogP contribution in [0.2, 0.25) is 0 Å². The van der Waals surface area contributed by atoms with Crippen LogP contribution in [0.4, 0.5) is 0 Å². The van der Waals surface area contributed by atoms with Crippen LogP contribution in [0.1, 0.15) is 21.0 Å². The number of thiophene rings is 2. The van der Waals surface area contributed by atoms with Crippen molar-refractivity contribution in [3.8, 4) is 11.1 Å². The minimum atomic E-state index is -0.556. The molecule has 1 amide bonds. The highest BCUT2D eigenvalue weighted by Gasteiger charge is 2.16. The Balaban J connectivity index is 2.20. The SMILES string of the molecule is COC(=O)CC(=O)c1cc(-c2ccsc2CC(N)=O)cs1. The van der Waals surface area contributed by atoms with Crippen molar-refractivity contribution in [2.45, 2.75) is 12.8 Å². The Morgan fingerprint density at radius 1 is 1.29 bits per heavy atom. The molecule has 2 N–H and O–H groups in total. The van der Waals surface area contributed by atoms with Gasteiger partial charge in [-0.15, -0.1) is 22.7 Å². The Morgan fingerprint density at radius 2 is 2.05 bits per heavy atom. The van der Waals surface area contributed by atoms with Gasteiger partial charge in [-0.25, -0.2) is 0 Å². The Labute approximate surface area is 129 Å². The van der Waals surface area contributed by atoms with Crippen LogP contribution in [0.3, 0.4) is 0 Å². The van der Waals surface area contributed by atoms with Crippen LogP contribution < -0.4 is 5.73 Å². The fraction of sp³-hybridized carbons (Fsp3) is 0.214. The molecule has 0 atom stereocenters. The Morgan fingerprint density at radius 3 is 2.71 bits per heavy atom. The number of esters is 1. The lowest BCUT2D eigenvalue weighted by Crippen LogP contribution is -2.13. The molecule has 0 aliphatic heterocycles. The van der Waals surface area contributed by atoms with Gasteiger partial charge in [0.05, 0.1) is 18.4 Å². The van der Waals surface area contributed by atoms with Crippen LogP contribution in [-0.4, -0.2) is 24.8 Å². The molecule has 0 saturated carbocycles. The molecular formula is C14H13NO4S2. The topological polar surface area (TPSA) is 86.5 Å². The summed E-state index contributed by atoms with van der Waals surface area (Å²) in [5.74, 6) is -1.22. The molecule has 2 aromatic rings. The molecule has 2 heterocycles. The molecule has 0 spiro atoms. The van der Waals surface area contributed by atoms with Crippen LogP contribution in [0.25, 0.3) is 11.1 Å². The maximum Gasteiger partial charge on any atom is 0.313 e. The van der Waals surface area contributed by atoms with Crippen LogP contribution in [0.15, 0.2) is 22.9 Å². The summed E-state index contributed by atoms with van der Waals surface area (Å²) in [6, 6.07) is 3.61. The molecule has 2 aromatic heterocycles. The fourth-order valence-corrected chi connectivity index (χ4v) is 3.56. The van der Waals surface area contributed by atoms with Gasteiger partial charge in [0, 0.05) is 4.88 Å². The zero-order valence-electron chi connectivity index (χ0n) is 11.3. The summed E-state index contributed by atoms with van der Waals surface area (Å²) in [5, 5.41) is 3.71. The van der Waals surface area contributed by atoms with E-state index in [2.05, 4.69) is 4.74 Å². The highest BCUT2D eigenvalue weighted by atomic mass is 32.1. The van der Waals surface area contributed by atoms with E-state index in [9.17, 15) is 14.4 Å². The lowest BCUT2D eigenvalue weighted by atomic mass is 10.1. The quantitative estimate of drug-likeness (QED) is 0.502. The van der Waals surface area contributed by atoms with Gasteiger partial charge in [-0.05, 0) is 34.0 Å². The summed E-state index contributed by atoms with van der Waals surface area (Å²) in [5.41, 5.74) is 6.97. The zero-order valence-corrected chi connectivity index (χ0v) is 12.9. The number of hydrogen-bond donors (Lipinski definition) is 1. The molecule has 0 aliphatic rings. The lowest BCUT2D eigenvalue weighted by Gasteiger charge is -1.99. The summed E-state index contributed by atoms with van der Waals surface area (Å²) >= 11 is 2.72. The van der Waals surface area contributed by atoms with Gasteiger partial charge in [0.15, 0.2) is 5.78 Å². The second kappa shape index (κ2) is 6.64. The summed E-state index contributed by atoms with van der Waals surface area (Å²) in [6.07, 6.45) is -0.0947. The first-order valence-electron chi connectivity index (χ1n) is 6.05. The lowest BCUT2D eigenvalue weighted by molar-refractivity contribution is -0.139. The van der Waals surface area contributed by atoms with Crippen LogP contribution in [-0.2, 0) is 20.7 Å². The molecule has 5 nitrogen and oxygen atoms in total. The van der Waals surface area contributed by atoms with Gasteiger partial charge in [-0.2, -0.15) is 0 Å². The van der Waals surface area contributed by atoms with E-state index < -0.39 is 11.9 Å². The minimum Gasteiger partial charge on any atom is -0.469 e. The smallest absolute Gasteiger partial charge is 0.313 e. The molecule has 7 heteroatoms. The molecule has 0 radical (unpaired) electrons. The van der Waals surface area contributed by atoms with Crippen molar-refractivity contribution in [3.63, 3.8) is 0 Å². The van der Waals surface area contributed by atoms with Crippen molar-refractivity contribution in [1.82, 2.24) is 0 Å². The van der Waals surface area contributed by atoms with E-state index in [-0.39, 0.29) is 18.6 Å². The molecule has 110 valence electrons. The number of Topliss-reactive ketones (excluding diaryl/α,β-unsaturated/α-hetero) is 1. The molecule has 0 aliphatic carbocycles. The first kappa shape index (κ1) is 15.4. The van der Waals surface area contributed by atoms with Crippen LogP contribution in [0, 0.1) is 0 Å². The zero-order chi connectivity index (χ0) is 15.4. The Hall–Kier alpha value is -1.99. The van der Waals surface area contributed by atoms with E-state index in [4.69, 9.17) is 5.73 Å². The van der Waals surface area contributed by atoms with Gasteiger partial charge >= 0.3 is 5.97 Å². The van der Waals surface area contributed by atoms with Crippen molar-refractivity contribution in [2.24, 2.45) is 5.73 Å². The summed E-state index contributed by atoms with van der Waals surface area (Å²) in [4.78, 5) is 35.4. The van der Waals surface area contributed by atoms with E-state index in [1.54, 1.807) is 6.07 Å². The van der Waals surface area contributed by atoms with Crippen molar-refractivity contribution < 1.29 is 19.1 Å². The number of amides is 1. The van der Waals surface area contributed by atoms with Crippen molar-refractivity contribution in [3.05, 3.63) is 32.6 Å². The standard InChI is InChI=1S/C14H13NO4S2/c1-19-14(18)5-10(16)12-4-8(7-21-12)9-2-3-20-11(9)6-13(15)17/h2-4,7H,5-6H2,1H3,(H2,15,17). The Kier molecular flexibility index (Phi) is 4.87. The normalized spacial score (nSPS) is 10.3. The van der Waals surface area contributed by atoms with Crippen molar-refractivity contribution in [1.29, 1.82) is 0 Å². The third-order valence-corrected chi connectivity index (χ3v) is 4.69. The molecule has 0 bridgehead atoms. The van der Waals surface area contributed by atoms with E-state index in [0.29, 0.717) is 4.88 Å². The third-order valence-electron chi connectivity index (χ3n) is 2.80. The third kappa shape index (κ3) is 3.77. The molecule has 21 heavy (non-hydrogen) atoms. The number of primary amides is 1. The van der Waals surface area contributed by atoms with E-state index in [0.717, 1.165) is 16.0 Å². The van der Waals surface area contributed by atoms with Gasteiger partial charge in [0.25, 0.3) is 0 Å². The summed E-state index contributed by atoms with van der Waals surface area (Å²) < 4.78 is 4.48. The van der Waals surface area contributed by atoms with E-state index in [1.165, 1.54) is 29.8 Å². The van der Waals surface area contributed by atoms with Crippen molar-refractivity contribution >= 4 is 40.3 Å². The predicted octanol–water partition coefficient (Wildman–Crippen LogP) is 2.25. The minimum absolute atomic E-state index is 0.175. The van der Waals surface area contributed by atoms with Gasteiger partial charge in [0.1, 0.15) is 6.42 Å². The van der Waals surface area contributed by atoms with E-state index in [1.807, 2.05) is 16.8 Å². The van der Waals surface area contributed by atoms with Gasteiger partial charge in [0.2, 0.25) is 5.91 Å². The summed E-state index contributed by atoms with van der Waals surface area (Å²) in [6.45, 7) is 0. The van der Waals surface area contributed by atoms with Crippen LogP contribution in [0.5, 0.6) is 0 Å². The molecule has 0 unspecified atom stereocenters. The number of carbonyl (C=O) groups excluding carboxylic acids is 3. The number of carbonyl (C=O) groups is 3. The van der Waals surface area contributed by atoms with Gasteiger partial charge in [-0.3, -0.25) is 14.4 Å². The van der Waals surface area contributed by atoms with Crippen LogP contribution >= 0.6 is 22.7 Å². The number of rotatable bonds is 6. The maximum absolute atomic E-state index is 11.9. The predicted molar refractivity (Wildman–Crippen MR) is 81.5 cm³/mol. The fourth-order valence-electron chi connectivity index (χ4n) is 1.81. The summed E-state index contributed by atoms with van der Waals surface area (Å²) in [7, 11) is 1.25. The first-order chi connectivity index (χ1) is 10.0. The van der Waals surface area contributed by atoms with Crippen molar-refractivity contribution in [2.75, 3.05) is 7.11 Å². The number of ketones is 1. The molecule has 2 rings (SSSR count). The number of methoxy groups -OCH3 is 1. The molecular weight excluding hydrogens is 310 g/mol. The number of hydrogen-bond acceptors (Lipinski definition) is 6. The highest BCUT2D eigenvalue weighted by Crippen LogP contribution is 2.32. The monoisotopic (exact) mass is 323 g/mol. The second-order valence-corrected chi connectivity index (χ2v) is 6.19. The average molecular weight is 323 g/mol. The largest absolute Gasteiger partial charge is 0.469 e. The second-order valence-electron chi connectivity index (χ2n) is 4.28. The Bertz CT molecular complexity index is 687. The van der Waals surface area contributed by atoms with E-state index >= 15 is 0 Å². The molecule has 0 fully saturated rings. The highest BCUT2D eigenvalue weighted by molar-refractivity contribution is 7.13. The molecule has 0 aromatic carbocycles. The first-order valence-corrected chi connectivity index (χ1v) is 7.80. The van der Waals surface area contributed by atoms with Gasteiger partial charge in [-0.1, -0.05) is 0 Å². The number of nitrogens with two attached hydrogens (primary N) is 1. The average Bonchev–Trinajstić information content (AvgIpc) is 3.06. The molecule has 0 saturated heterocycles. The van der Waals surface area contributed by atoms with Gasteiger partial charge < -0.3 is 10.5 Å². The number of ether oxygens (including phenoxy) is 1.